The van der Waals surface area contributed by atoms with Crippen molar-refractivity contribution >= 4 is 0 Å². The SMILES string of the molecule is CCNC1CC(OC2CCC2)C1(C)C. The van der Waals surface area contributed by atoms with Crippen molar-refractivity contribution in [2.45, 2.75) is 64.7 Å². The Balaban J connectivity index is 1.79. The Kier molecular flexibility index (Phi) is 2.85. The van der Waals surface area contributed by atoms with Gasteiger partial charge in [-0.2, -0.15) is 0 Å². The number of hydrogen-bond acceptors (Lipinski definition) is 2. The van der Waals surface area contributed by atoms with Crippen LogP contribution in [-0.2, 0) is 4.74 Å². The van der Waals surface area contributed by atoms with Gasteiger partial charge in [0.15, 0.2) is 0 Å². The van der Waals surface area contributed by atoms with E-state index in [0.29, 0.717) is 23.7 Å². The summed E-state index contributed by atoms with van der Waals surface area (Å²) in [6, 6.07) is 0.664. The molecule has 0 spiro atoms. The number of ether oxygens (including phenoxy) is 1. The van der Waals surface area contributed by atoms with Crippen LogP contribution in [0.5, 0.6) is 0 Å². The molecule has 0 saturated heterocycles. The van der Waals surface area contributed by atoms with Gasteiger partial charge in [0.1, 0.15) is 0 Å². The second kappa shape index (κ2) is 3.82. The molecule has 2 unspecified atom stereocenters. The Bertz CT molecular complexity index is 198. The van der Waals surface area contributed by atoms with Crippen LogP contribution in [0.25, 0.3) is 0 Å². The first-order valence-electron chi connectivity index (χ1n) is 6.03. The summed E-state index contributed by atoms with van der Waals surface area (Å²) in [6.07, 6.45) is 6.24. The maximum Gasteiger partial charge on any atom is 0.0659 e. The van der Waals surface area contributed by atoms with Crippen LogP contribution in [-0.4, -0.2) is 24.8 Å². The third-order valence-electron chi connectivity index (χ3n) is 4.04. The normalized spacial score (nSPS) is 36.2. The molecule has 0 amide bonds. The highest BCUT2D eigenvalue weighted by Crippen LogP contribution is 2.44. The first-order valence-corrected chi connectivity index (χ1v) is 6.03. The first-order chi connectivity index (χ1) is 6.64. The average molecular weight is 197 g/mol. The van der Waals surface area contributed by atoms with Crippen LogP contribution in [0.15, 0.2) is 0 Å². The molecular formula is C12H23NO. The van der Waals surface area contributed by atoms with Gasteiger partial charge in [-0.15, -0.1) is 0 Å². The van der Waals surface area contributed by atoms with Gasteiger partial charge in [-0.05, 0) is 32.2 Å². The molecule has 0 bridgehead atoms. The predicted molar refractivity (Wildman–Crippen MR) is 58.4 cm³/mol. The van der Waals surface area contributed by atoms with E-state index < -0.39 is 0 Å². The van der Waals surface area contributed by atoms with Gasteiger partial charge in [0.25, 0.3) is 0 Å². The third-order valence-corrected chi connectivity index (χ3v) is 4.04. The maximum absolute atomic E-state index is 6.07. The van der Waals surface area contributed by atoms with Crippen molar-refractivity contribution in [3.8, 4) is 0 Å². The summed E-state index contributed by atoms with van der Waals surface area (Å²) in [5.74, 6) is 0. The highest BCUT2D eigenvalue weighted by atomic mass is 16.5. The van der Waals surface area contributed by atoms with E-state index in [0.717, 1.165) is 6.54 Å². The Labute approximate surface area is 87.4 Å². The predicted octanol–water partition coefficient (Wildman–Crippen LogP) is 2.33. The quantitative estimate of drug-likeness (QED) is 0.747. The monoisotopic (exact) mass is 197 g/mol. The Morgan fingerprint density at radius 2 is 2.07 bits per heavy atom. The minimum atomic E-state index is 0.339. The molecule has 0 aromatic rings. The van der Waals surface area contributed by atoms with Gasteiger partial charge in [0.05, 0.1) is 12.2 Å². The van der Waals surface area contributed by atoms with Gasteiger partial charge in [-0.3, -0.25) is 0 Å². The van der Waals surface area contributed by atoms with E-state index in [4.69, 9.17) is 4.74 Å². The molecule has 0 radical (unpaired) electrons. The van der Waals surface area contributed by atoms with Gasteiger partial charge in [-0.25, -0.2) is 0 Å². The fourth-order valence-electron chi connectivity index (χ4n) is 2.45. The molecule has 2 nitrogen and oxygen atoms in total. The molecule has 2 aliphatic carbocycles. The smallest absolute Gasteiger partial charge is 0.0659 e. The second-order valence-corrected chi connectivity index (χ2v) is 5.34. The molecule has 1 N–H and O–H groups in total. The zero-order valence-electron chi connectivity index (χ0n) is 9.68. The van der Waals surface area contributed by atoms with Crippen LogP contribution in [0.2, 0.25) is 0 Å². The number of rotatable bonds is 4. The summed E-state index contributed by atoms with van der Waals surface area (Å²) < 4.78 is 6.07. The van der Waals surface area contributed by atoms with Crippen LogP contribution in [0.4, 0.5) is 0 Å². The lowest BCUT2D eigenvalue weighted by Crippen LogP contribution is -2.61. The second-order valence-electron chi connectivity index (χ2n) is 5.34. The Morgan fingerprint density at radius 1 is 1.36 bits per heavy atom. The van der Waals surface area contributed by atoms with E-state index in [9.17, 15) is 0 Å². The summed E-state index contributed by atoms with van der Waals surface area (Å²) >= 11 is 0. The molecule has 0 aliphatic heterocycles. The molecule has 2 fully saturated rings. The molecule has 0 heterocycles. The van der Waals surface area contributed by atoms with E-state index in [1.54, 1.807) is 0 Å². The highest BCUT2D eigenvalue weighted by molar-refractivity contribution is 5.03. The average Bonchev–Trinajstić information content (AvgIpc) is 2.07. The van der Waals surface area contributed by atoms with Gasteiger partial charge in [0.2, 0.25) is 0 Å². The minimum absolute atomic E-state index is 0.339. The van der Waals surface area contributed by atoms with Crippen LogP contribution >= 0.6 is 0 Å². The Morgan fingerprint density at radius 3 is 2.50 bits per heavy atom. The van der Waals surface area contributed by atoms with Crippen LogP contribution in [0, 0.1) is 5.41 Å². The van der Waals surface area contributed by atoms with Gasteiger partial charge in [-0.1, -0.05) is 20.8 Å². The van der Waals surface area contributed by atoms with E-state index in [1.807, 2.05) is 0 Å². The lowest BCUT2D eigenvalue weighted by Gasteiger charge is -2.53. The summed E-state index contributed by atoms with van der Waals surface area (Å²) in [6.45, 7) is 7.90. The molecule has 0 aromatic heterocycles. The van der Waals surface area contributed by atoms with Crippen LogP contribution in [0.1, 0.15) is 46.5 Å². The standard InChI is InChI=1S/C12H23NO/c1-4-13-10-8-11(12(10,2)3)14-9-6-5-7-9/h9-11,13H,4-8H2,1-3H3. The molecule has 2 rings (SSSR count). The highest BCUT2D eigenvalue weighted by Gasteiger charge is 2.49. The third kappa shape index (κ3) is 1.70. The Hall–Kier alpha value is -0.0800. The lowest BCUT2D eigenvalue weighted by molar-refractivity contribution is -0.164. The van der Waals surface area contributed by atoms with Crippen molar-refractivity contribution in [3.05, 3.63) is 0 Å². The fourth-order valence-corrected chi connectivity index (χ4v) is 2.45. The topological polar surface area (TPSA) is 21.3 Å². The van der Waals surface area contributed by atoms with Crippen LogP contribution < -0.4 is 5.32 Å². The van der Waals surface area contributed by atoms with Gasteiger partial charge in [0, 0.05) is 11.5 Å². The summed E-state index contributed by atoms with van der Waals surface area (Å²) in [5.41, 5.74) is 0.339. The molecular weight excluding hydrogens is 174 g/mol. The van der Waals surface area contributed by atoms with Crippen molar-refractivity contribution in [2.24, 2.45) is 5.41 Å². The van der Waals surface area contributed by atoms with E-state index in [2.05, 4.69) is 26.1 Å². The van der Waals surface area contributed by atoms with Crippen molar-refractivity contribution in [2.75, 3.05) is 6.54 Å². The number of hydrogen-bond donors (Lipinski definition) is 1. The summed E-state index contributed by atoms with van der Waals surface area (Å²) in [5, 5.41) is 3.53. The zero-order valence-corrected chi connectivity index (χ0v) is 9.68. The van der Waals surface area contributed by atoms with E-state index in [-0.39, 0.29) is 0 Å². The molecule has 2 heteroatoms. The molecule has 2 aliphatic rings. The van der Waals surface area contributed by atoms with E-state index >= 15 is 0 Å². The largest absolute Gasteiger partial charge is 0.374 e. The molecule has 82 valence electrons. The van der Waals surface area contributed by atoms with Crippen molar-refractivity contribution in [3.63, 3.8) is 0 Å². The van der Waals surface area contributed by atoms with Crippen molar-refractivity contribution in [1.29, 1.82) is 0 Å². The van der Waals surface area contributed by atoms with Gasteiger partial charge < -0.3 is 10.1 Å². The van der Waals surface area contributed by atoms with Crippen molar-refractivity contribution < 1.29 is 4.74 Å². The molecule has 0 aromatic carbocycles. The summed E-state index contributed by atoms with van der Waals surface area (Å²) in [4.78, 5) is 0. The summed E-state index contributed by atoms with van der Waals surface area (Å²) in [7, 11) is 0. The molecule has 2 atom stereocenters. The first kappa shape index (κ1) is 10.4. The fraction of sp³-hybridized carbons (Fsp3) is 1.00. The lowest BCUT2D eigenvalue weighted by atomic mass is 9.64. The molecule has 14 heavy (non-hydrogen) atoms. The van der Waals surface area contributed by atoms with Gasteiger partial charge >= 0.3 is 0 Å². The minimum Gasteiger partial charge on any atom is -0.374 e. The number of nitrogens with one attached hydrogen (secondary N) is 1. The van der Waals surface area contributed by atoms with E-state index in [1.165, 1.54) is 25.7 Å². The zero-order chi connectivity index (χ0) is 10.2. The molecule has 2 saturated carbocycles. The van der Waals surface area contributed by atoms with Crippen molar-refractivity contribution in [1.82, 2.24) is 5.32 Å². The van der Waals surface area contributed by atoms with Crippen LogP contribution in [0.3, 0.4) is 0 Å². The maximum atomic E-state index is 6.07.